The van der Waals surface area contributed by atoms with E-state index in [0.29, 0.717) is 16.7 Å². The van der Waals surface area contributed by atoms with Gasteiger partial charge in [0.2, 0.25) is 0 Å². The van der Waals surface area contributed by atoms with Crippen molar-refractivity contribution in [2.75, 3.05) is 0 Å². The number of hydrogen-bond donors (Lipinski definition) is 1. The van der Waals surface area contributed by atoms with Crippen molar-refractivity contribution >= 4 is 16.9 Å². The highest BCUT2D eigenvalue weighted by Gasteiger charge is 2.29. The number of aromatic nitrogens is 3. The normalized spacial score (nSPS) is 13.4. The fraction of sp³-hybridized carbons (Fsp3) is 0.222. The fourth-order valence-electron chi connectivity index (χ4n) is 2.65. The predicted molar refractivity (Wildman–Crippen MR) is 86.8 cm³/mol. The smallest absolute Gasteiger partial charge is 0.178 e. The van der Waals surface area contributed by atoms with Gasteiger partial charge in [-0.2, -0.15) is 5.26 Å². The maximum Gasteiger partial charge on any atom is 0.178 e. The number of imidazole rings is 1. The molecule has 1 aromatic carbocycles. The first kappa shape index (κ1) is 16.7. The Balaban J connectivity index is 1.96. The minimum Gasteiger partial charge on any atom is -0.339 e. The number of aryl methyl sites for hydroxylation is 1. The van der Waals surface area contributed by atoms with Crippen molar-refractivity contribution in [2.45, 2.75) is 25.7 Å². The molecule has 0 saturated heterocycles. The molecule has 0 fully saturated rings. The first-order valence-electron chi connectivity index (χ1n) is 7.62. The summed E-state index contributed by atoms with van der Waals surface area (Å²) in [4.78, 5) is 24.0. The van der Waals surface area contributed by atoms with Gasteiger partial charge in [-0.05, 0) is 36.2 Å². The zero-order chi connectivity index (χ0) is 18.1. The van der Waals surface area contributed by atoms with Gasteiger partial charge in [-0.15, -0.1) is 0 Å². The molecule has 0 aliphatic heterocycles. The Morgan fingerprint density at radius 1 is 1.28 bits per heavy atom. The van der Waals surface area contributed by atoms with Crippen LogP contribution in [-0.2, 0) is 4.79 Å². The van der Waals surface area contributed by atoms with Gasteiger partial charge in [0.15, 0.2) is 29.0 Å². The summed E-state index contributed by atoms with van der Waals surface area (Å²) in [6.07, 6.45) is 1.59. The molecule has 3 rings (SSSR count). The van der Waals surface area contributed by atoms with Crippen molar-refractivity contribution in [1.82, 2.24) is 15.0 Å². The molecular weight excluding hydrogens is 326 g/mol. The number of carbonyl (C=O) groups excluding carboxylic acids is 1. The molecule has 0 radical (unpaired) electrons. The van der Waals surface area contributed by atoms with Crippen LogP contribution < -0.4 is 0 Å². The predicted octanol–water partition coefficient (Wildman–Crippen LogP) is 3.52. The average molecular weight is 340 g/mol. The number of nitrogens with zero attached hydrogens (tertiary/aromatic N) is 3. The molecule has 5 nitrogen and oxygen atoms in total. The second-order valence-electron chi connectivity index (χ2n) is 5.81. The summed E-state index contributed by atoms with van der Waals surface area (Å²) < 4.78 is 26.5. The van der Waals surface area contributed by atoms with Crippen LogP contribution in [0.25, 0.3) is 11.2 Å². The number of benzene rings is 1. The number of nitriles is 1. The van der Waals surface area contributed by atoms with Gasteiger partial charge in [0, 0.05) is 12.1 Å². The molecule has 2 atom stereocenters. The molecule has 2 aromatic heterocycles. The van der Waals surface area contributed by atoms with Crippen molar-refractivity contribution in [3.05, 3.63) is 59.0 Å². The summed E-state index contributed by atoms with van der Waals surface area (Å²) in [5.74, 6) is -4.23. The summed E-state index contributed by atoms with van der Waals surface area (Å²) in [5.41, 5.74) is 2.27. The molecule has 2 heterocycles. The topological polar surface area (TPSA) is 82.4 Å². The highest BCUT2D eigenvalue weighted by molar-refractivity contribution is 5.93. The zero-order valence-corrected chi connectivity index (χ0v) is 13.5. The van der Waals surface area contributed by atoms with E-state index in [9.17, 15) is 18.8 Å². The quantitative estimate of drug-likeness (QED) is 0.788. The molecule has 0 aliphatic carbocycles. The molecule has 7 heteroatoms. The third kappa shape index (κ3) is 2.98. The molecule has 1 N–H and O–H groups in total. The van der Waals surface area contributed by atoms with Gasteiger partial charge in [-0.25, -0.2) is 18.7 Å². The number of halogens is 2. The number of Topliss-reactive ketones (excluding diaryl/α,β-unsaturated/α-hetero) is 1. The SMILES string of the molecule is Cc1ccnc2nc(C(C#N)C(=O)C(C)c3ccc(F)c(F)c3)[nH]c12. The number of pyridine rings is 1. The second kappa shape index (κ2) is 6.40. The third-order valence-corrected chi connectivity index (χ3v) is 4.18. The maximum atomic E-state index is 13.4. The number of aromatic amines is 1. The third-order valence-electron chi connectivity index (χ3n) is 4.18. The lowest BCUT2D eigenvalue weighted by atomic mass is 9.89. The van der Waals surface area contributed by atoms with Crippen molar-refractivity contribution in [2.24, 2.45) is 0 Å². The average Bonchev–Trinajstić information content (AvgIpc) is 3.02. The van der Waals surface area contributed by atoms with Crippen LogP contribution in [0.1, 0.15) is 35.7 Å². The first-order chi connectivity index (χ1) is 11.9. The van der Waals surface area contributed by atoms with Crippen LogP contribution in [0.5, 0.6) is 0 Å². The number of hydrogen-bond acceptors (Lipinski definition) is 4. The molecule has 126 valence electrons. The lowest BCUT2D eigenvalue weighted by Gasteiger charge is -2.13. The number of H-pyrrole nitrogens is 1. The highest BCUT2D eigenvalue weighted by atomic mass is 19.2. The molecule has 0 aliphatic rings. The molecule has 0 bridgehead atoms. The Labute approximate surface area is 142 Å². The first-order valence-corrected chi connectivity index (χ1v) is 7.62. The largest absolute Gasteiger partial charge is 0.339 e. The van der Waals surface area contributed by atoms with Crippen molar-refractivity contribution < 1.29 is 13.6 Å². The van der Waals surface area contributed by atoms with E-state index in [1.54, 1.807) is 19.2 Å². The van der Waals surface area contributed by atoms with Crippen LogP contribution in [-0.4, -0.2) is 20.7 Å². The molecular formula is C18H14F2N4O. The summed E-state index contributed by atoms with van der Waals surface area (Å²) in [6.45, 7) is 3.41. The minimum absolute atomic E-state index is 0.193. The number of fused-ring (bicyclic) bond motifs is 1. The van der Waals surface area contributed by atoms with Crippen molar-refractivity contribution in [3.8, 4) is 6.07 Å². The van der Waals surface area contributed by atoms with Crippen molar-refractivity contribution in [3.63, 3.8) is 0 Å². The Morgan fingerprint density at radius 2 is 2.04 bits per heavy atom. The number of ketones is 1. The Hall–Kier alpha value is -3.14. The minimum atomic E-state index is -1.16. The standard InChI is InChI=1S/C18H14F2N4O/c1-9-5-6-22-18-15(9)23-17(24-18)12(8-21)16(25)10(2)11-3-4-13(19)14(20)7-11/h3-7,10,12H,1-2H3,(H,22,23,24). The maximum absolute atomic E-state index is 13.4. The lowest BCUT2D eigenvalue weighted by molar-refractivity contribution is -0.120. The van der Waals surface area contributed by atoms with E-state index in [-0.39, 0.29) is 5.82 Å². The molecule has 0 amide bonds. The van der Waals surface area contributed by atoms with Crippen LogP contribution in [0.15, 0.2) is 30.5 Å². The highest BCUT2D eigenvalue weighted by Crippen LogP contribution is 2.27. The van der Waals surface area contributed by atoms with E-state index < -0.39 is 29.3 Å². The Bertz CT molecular complexity index is 1010. The molecule has 0 saturated carbocycles. The summed E-state index contributed by atoms with van der Waals surface area (Å²) in [7, 11) is 0. The van der Waals surface area contributed by atoms with Crippen molar-refractivity contribution in [1.29, 1.82) is 5.26 Å². The summed E-state index contributed by atoms with van der Waals surface area (Å²) in [5, 5.41) is 9.45. The number of nitrogens with one attached hydrogen (secondary N) is 1. The van der Waals surface area contributed by atoms with Crippen LogP contribution in [0, 0.1) is 29.9 Å². The molecule has 25 heavy (non-hydrogen) atoms. The van der Waals surface area contributed by atoms with E-state index in [4.69, 9.17) is 0 Å². The Morgan fingerprint density at radius 3 is 2.68 bits per heavy atom. The van der Waals surface area contributed by atoms with Gasteiger partial charge in [0.1, 0.15) is 5.82 Å². The Kier molecular flexibility index (Phi) is 4.28. The molecule has 3 aromatic rings. The van der Waals surface area contributed by atoms with Gasteiger partial charge in [-0.1, -0.05) is 13.0 Å². The fourth-order valence-corrected chi connectivity index (χ4v) is 2.65. The molecule has 0 spiro atoms. The number of carbonyl (C=O) groups is 1. The van der Waals surface area contributed by atoms with Crippen LogP contribution in [0.2, 0.25) is 0 Å². The van der Waals surface area contributed by atoms with Crippen LogP contribution in [0.3, 0.4) is 0 Å². The van der Waals surface area contributed by atoms with Gasteiger partial charge in [0.25, 0.3) is 0 Å². The van der Waals surface area contributed by atoms with E-state index in [1.165, 1.54) is 6.07 Å². The van der Waals surface area contributed by atoms with E-state index in [0.717, 1.165) is 17.7 Å². The van der Waals surface area contributed by atoms with Crippen LogP contribution in [0.4, 0.5) is 8.78 Å². The second-order valence-corrected chi connectivity index (χ2v) is 5.81. The number of rotatable bonds is 4. The van der Waals surface area contributed by atoms with Gasteiger partial charge in [0.05, 0.1) is 11.6 Å². The van der Waals surface area contributed by atoms with Gasteiger partial charge in [-0.3, -0.25) is 4.79 Å². The van der Waals surface area contributed by atoms with Gasteiger partial charge < -0.3 is 4.98 Å². The monoisotopic (exact) mass is 340 g/mol. The van der Waals surface area contributed by atoms with E-state index in [1.807, 2.05) is 13.0 Å². The summed E-state index contributed by atoms with van der Waals surface area (Å²) >= 11 is 0. The summed E-state index contributed by atoms with van der Waals surface area (Å²) in [6, 6.07) is 6.99. The van der Waals surface area contributed by atoms with E-state index >= 15 is 0 Å². The zero-order valence-electron chi connectivity index (χ0n) is 13.5. The molecule has 2 unspecified atom stereocenters. The van der Waals surface area contributed by atoms with E-state index in [2.05, 4.69) is 15.0 Å². The van der Waals surface area contributed by atoms with Crippen LogP contribution >= 0.6 is 0 Å². The lowest BCUT2D eigenvalue weighted by Crippen LogP contribution is -2.19. The van der Waals surface area contributed by atoms with Gasteiger partial charge >= 0.3 is 0 Å².